The quantitative estimate of drug-likeness (QED) is 0.0430. The van der Waals surface area contributed by atoms with E-state index in [4.69, 9.17) is 36.0 Å². The SMILES string of the molecule is NNC(=S)Nc1cccc(-c2cnc3cc(-c4ccccc4)ccn23)c1.Nc1cccc(-c2cnc3cc(-c4ccccc4)ccn23)c1.S=C1NN=CC1c1cccc(-c2cnc3cc(-c4ccccc4)ccn23)c1. The summed E-state index contributed by atoms with van der Waals surface area (Å²) in [5.41, 5.74) is 30.0. The van der Waals surface area contributed by atoms with E-state index >= 15 is 0 Å². The number of benzene rings is 6. The molecule has 364 valence electrons. The average Bonchev–Trinajstić information content (AvgIpc) is 4.30. The Morgan fingerprint density at radius 3 is 1.33 bits per heavy atom. The molecule has 7 heterocycles. The zero-order chi connectivity index (χ0) is 51.1. The number of thiocarbonyl (C=S) groups is 2. The number of hydrogen-bond acceptors (Lipinski definition) is 8. The fourth-order valence-corrected chi connectivity index (χ4v) is 9.44. The molecule has 75 heavy (non-hydrogen) atoms. The highest BCUT2D eigenvalue weighted by molar-refractivity contribution is 7.80. The predicted molar refractivity (Wildman–Crippen MR) is 313 cm³/mol. The Bertz CT molecular complexity index is 4020. The molecular weight excluding hydrogens is 965 g/mol. The zero-order valence-electron chi connectivity index (χ0n) is 40.3. The van der Waals surface area contributed by atoms with E-state index in [1.807, 2.05) is 134 Å². The normalized spacial score (nSPS) is 12.7. The minimum Gasteiger partial charge on any atom is -0.399 e. The fourth-order valence-electron chi connectivity index (χ4n) is 9.08. The number of rotatable bonds is 8. The third-order valence-corrected chi connectivity index (χ3v) is 13.4. The van der Waals surface area contributed by atoms with Crippen LogP contribution in [0.25, 0.3) is 84.1 Å². The maximum Gasteiger partial charge on any atom is 0.185 e. The van der Waals surface area contributed by atoms with E-state index < -0.39 is 0 Å². The molecule has 1 aliphatic rings. The molecule has 0 radical (unpaired) electrons. The van der Waals surface area contributed by atoms with Gasteiger partial charge in [0.05, 0.1) is 41.6 Å². The van der Waals surface area contributed by atoms with Crippen molar-refractivity contribution in [3.8, 4) is 67.2 Å². The molecule has 12 aromatic rings. The molecule has 12 nitrogen and oxygen atoms in total. The zero-order valence-corrected chi connectivity index (χ0v) is 41.9. The summed E-state index contributed by atoms with van der Waals surface area (Å²) in [6.45, 7) is 0. The van der Waals surface area contributed by atoms with Gasteiger partial charge in [0.1, 0.15) is 21.9 Å². The number of imidazole rings is 3. The van der Waals surface area contributed by atoms with Gasteiger partial charge < -0.3 is 16.5 Å². The summed E-state index contributed by atoms with van der Waals surface area (Å²) in [7, 11) is 0. The topological polar surface area (TPSA) is 152 Å². The van der Waals surface area contributed by atoms with Gasteiger partial charge >= 0.3 is 0 Å². The molecule has 0 amide bonds. The first-order chi connectivity index (χ1) is 36.8. The molecule has 0 aliphatic carbocycles. The van der Waals surface area contributed by atoms with Gasteiger partial charge in [0.2, 0.25) is 0 Å². The molecule has 0 fully saturated rings. The smallest absolute Gasteiger partial charge is 0.185 e. The number of nitrogens with one attached hydrogen (secondary N) is 3. The third-order valence-electron chi connectivity index (χ3n) is 12.8. The van der Waals surface area contributed by atoms with E-state index in [0.29, 0.717) is 5.11 Å². The molecular formula is C61H48N12S2. The number of hydrazine groups is 1. The number of nitrogens with zero attached hydrogens (tertiary/aromatic N) is 7. The number of anilines is 2. The van der Waals surface area contributed by atoms with Crippen LogP contribution in [0.5, 0.6) is 0 Å². The number of pyridine rings is 3. The van der Waals surface area contributed by atoms with Gasteiger partial charge in [-0.05, 0) is 118 Å². The standard InChI is InChI=1S/C22H16N4S.C20H17N5S.C19H15N3/c27-22-19(13-24-25-22)17-7-4-8-18(11-17)20-14-23-21-12-16(9-10-26(20)21)15-5-2-1-3-6-15;21-24-20(26)23-17-8-4-7-16(11-17)18-13-22-19-12-15(9-10-25(18)19)14-5-2-1-3-6-14;20-17-8-4-7-16(11-17)18-13-21-19-12-15(9-10-22(18)19)14-5-2-1-3-6-14/h1-14,19H,(H,25,27);1-13H,21H2,(H2,23,24,26);1-13H,20H2. The van der Waals surface area contributed by atoms with Gasteiger partial charge in [0.15, 0.2) is 5.11 Å². The Balaban J connectivity index is 0.000000121. The van der Waals surface area contributed by atoms with Crippen LogP contribution in [0.15, 0.2) is 242 Å². The molecule has 6 aromatic carbocycles. The highest BCUT2D eigenvalue weighted by Crippen LogP contribution is 2.31. The maximum absolute atomic E-state index is 5.88. The van der Waals surface area contributed by atoms with Crippen molar-refractivity contribution in [1.82, 2.24) is 39.0 Å². The van der Waals surface area contributed by atoms with Crippen LogP contribution in [0, 0.1) is 0 Å². The lowest BCUT2D eigenvalue weighted by Gasteiger charge is -2.10. The van der Waals surface area contributed by atoms with Crippen LogP contribution >= 0.6 is 24.4 Å². The second kappa shape index (κ2) is 21.6. The molecule has 6 aromatic heterocycles. The van der Waals surface area contributed by atoms with Gasteiger partial charge in [-0.25, -0.2) is 20.8 Å². The van der Waals surface area contributed by atoms with Crippen LogP contribution in [0.4, 0.5) is 11.4 Å². The Hall–Kier alpha value is -9.60. The largest absolute Gasteiger partial charge is 0.399 e. The Kier molecular flexibility index (Phi) is 13.8. The van der Waals surface area contributed by atoms with E-state index in [9.17, 15) is 0 Å². The first kappa shape index (κ1) is 47.7. The maximum atomic E-state index is 5.88. The summed E-state index contributed by atoms with van der Waals surface area (Å²) in [5, 5.41) is 7.48. The number of fused-ring (bicyclic) bond motifs is 3. The van der Waals surface area contributed by atoms with E-state index in [-0.39, 0.29) is 5.92 Å². The molecule has 1 aliphatic heterocycles. The number of aromatic nitrogens is 6. The van der Waals surface area contributed by atoms with E-state index in [1.165, 1.54) is 16.7 Å². The fraction of sp³-hybridized carbons (Fsp3) is 0.0164. The minimum atomic E-state index is 0.0313. The average molecular weight is 1010 g/mol. The van der Waals surface area contributed by atoms with E-state index in [2.05, 4.69) is 159 Å². The second-order valence-electron chi connectivity index (χ2n) is 17.6. The molecule has 14 heteroatoms. The Morgan fingerprint density at radius 1 is 0.467 bits per heavy atom. The summed E-state index contributed by atoms with van der Waals surface area (Å²) in [6.07, 6.45) is 13.7. The monoisotopic (exact) mass is 1010 g/mol. The van der Waals surface area contributed by atoms with Crippen LogP contribution in [-0.4, -0.2) is 44.5 Å². The van der Waals surface area contributed by atoms with Gasteiger partial charge in [-0.2, -0.15) is 5.10 Å². The highest BCUT2D eigenvalue weighted by Gasteiger charge is 2.20. The number of hydrogen-bond donors (Lipinski definition) is 5. The van der Waals surface area contributed by atoms with Crippen molar-refractivity contribution >= 4 is 69.1 Å². The second-order valence-corrected chi connectivity index (χ2v) is 18.5. The molecule has 0 bridgehead atoms. The lowest BCUT2D eigenvalue weighted by atomic mass is 9.98. The van der Waals surface area contributed by atoms with Crippen LogP contribution in [0.1, 0.15) is 11.5 Å². The van der Waals surface area contributed by atoms with E-state index in [0.717, 1.165) is 89.3 Å². The summed E-state index contributed by atoms with van der Waals surface area (Å²) in [5.74, 6) is 5.35. The number of nitrogens with two attached hydrogens (primary N) is 2. The summed E-state index contributed by atoms with van der Waals surface area (Å²) < 4.78 is 6.27. The van der Waals surface area contributed by atoms with Crippen LogP contribution < -0.4 is 27.7 Å². The summed E-state index contributed by atoms with van der Waals surface area (Å²) >= 11 is 10.4. The van der Waals surface area contributed by atoms with Crippen molar-refractivity contribution in [2.45, 2.75) is 5.92 Å². The van der Waals surface area contributed by atoms with Crippen LogP contribution in [0.2, 0.25) is 0 Å². The van der Waals surface area contributed by atoms with Crippen LogP contribution in [-0.2, 0) is 0 Å². The summed E-state index contributed by atoms with van der Waals surface area (Å²) in [6, 6.07) is 67.8. The molecule has 13 rings (SSSR count). The highest BCUT2D eigenvalue weighted by atomic mass is 32.1. The lowest BCUT2D eigenvalue weighted by molar-refractivity contribution is 1.04. The van der Waals surface area contributed by atoms with Crippen molar-refractivity contribution in [2.24, 2.45) is 10.9 Å². The third kappa shape index (κ3) is 10.5. The lowest BCUT2D eigenvalue weighted by Crippen LogP contribution is -2.34. The van der Waals surface area contributed by atoms with Gasteiger partial charge in [0.25, 0.3) is 0 Å². The predicted octanol–water partition coefficient (Wildman–Crippen LogP) is 12.7. The first-order valence-electron chi connectivity index (χ1n) is 24.1. The van der Waals surface area contributed by atoms with Crippen molar-refractivity contribution in [3.05, 3.63) is 243 Å². The van der Waals surface area contributed by atoms with Crippen molar-refractivity contribution in [2.75, 3.05) is 11.1 Å². The molecule has 1 atom stereocenters. The van der Waals surface area contributed by atoms with Crippen molar-refractivity contribution in [1.29, 1.82) is 0 Å². The molecule has 0 spiro atoms. The summed E-state index contributed by atoms with van der Waals surface area (Å²) in [4.78, 5) is 14.5. The van der Waals surface area contributed by atoms with Crippen molar-refractivity contribution < 1.29 is 0 Å². The Morgan fingerprint density at radius 2 is 0.893 bits per heavy atom. The molecule has 0 saturated carbocycles. The first-order valence-corrected chi connectivity index (χ1v) is 24.9. The molecule has 0 saturated heterocycles. The Labute approximate surface area is 443 Å². The van der Waals surface area contributed by atoms with Gasteiger partial charge in [-0.3, -0.25) is 18.6 Å². The minimum absolute atomic E-state index is 0.0313. The van der Waals surface area contributed by atoms with Crippen molar-refractivity contribution in [3.63, 3.8) is 0 Å². The number of hydrazone groups is 1. The number of nitrogen functional groups attached to an aromatic ring is 1. The van der Waals surface area contributed by atoms with Gasteiger partial charge in [-0.15, -0.1) is 0 Å². The van der Waals surface area contributed by atoms with Gasteiger partial charge in [-0.1, -0.05) is 146 Å². The van der Waals surface area contributed by atoms with E-state index in [1.54, 1.807) is 0 Å². The van der Waals surface area contributed by atoms with Crippen LogP contribution in [0.3, 0.4) is 0 Å². The molecule has 7 N–H and O–H groups in total. The molecule has 1 unspecified atom stereocenters. The van der Waals surface area contributed by atoms with Gasteiger partial charge in [0, 0.05) is 52.9 Å².